The van der Waals surface area contributed by atoms with E-state index in [-0.39, 0.29) is 37.0 Å². The number of carbonyl (C=O) groups is 1. The number of urea groups is 1. The molecule has 0 unspecified atom stereocenters. The highest BCUT2D eigenvalue weighted by atomic mass is 32.2. The number of hydrogen-bond acceptors (Lipinski definition) is 6. The Morgan fingerprint density at radius 3 is 2.24 bits per heavy atom. The van der Waals surface area contributed by atoms with Gasteiger partial charge in [0.1, 0.15) is 5.69 Å². The third-order valence-electron chi connectivity index (χ3n) is 4.22. The van der Waals surface area contributed by atoms with Crippen LogP contribution in [-0.4, -0.2) is 55.5 Å². The average molecular weight is 430 g/mol. The fourth-order valence-electron chi connectivity index (χ4n) is 2.70. The number of rotatable bonds is 3. The van der Waals surface area contributed by atoms with Crippen molar-refractivity contribution in [3.05, 3.63) is 42.2 Å². The van der Waals surface area contributed by atoms with E-state index in [9.17, 15) is 26.4 Å². The van der Waals surface area contributed by atoms with Crippen molar-refractivity contribution in [2.75, 3.05) is 36.4 Å². The zero-order chi connectivity index (χ0) is 21.2. The summed E-state index contributed by atoms with van der Waals surface area (Å²) in [5.74, 6) is -0.0431. The fraction of sp³-hybridized carbons (Fsp3) is 0.312. The topological polar surface area (TPSA) is 122 Å². The molecule has 1 aliphatic rings. The van der Waals surface area contributed by atoms with Crippen LogP contribution in [0, 0.1) is 0 Å². The molecule has 13 heteroatoms. The Morgan fingerprint density at radius 1 is 1.07 bits per heavy atom. The van der Waals surface area contributed by atoms with Crippen molar-refractivity contribution in [1.29, 1.82) is 0 Å². The summed E-state index contributed by atoms with van der Waals surface area (Å²) in [6.07, 6.45) is -3.51. The maximum Gasteiger partial charge on any atom is 0.433 e. The van der Waals surface area contributed by atoms with Crippen LogP contribution in [0.15, 0.2) is 41.4 Å². The van der Waals surface area contributed by atoms with Crippen LogP contribution in [0.5, 0.6) is 0 Å². The summed E-state index contributed by atoms with van der Waals surface area (Å²) in [6.45, 7) is 1.03. The number of alkyl halides is 3. The van der Waals surface area contributed by atoms with Crippen molar-refractivity contribution in [3.8, 4) is 0 Å². The number of sulfonamides is 1. The summed E-state index contributed by atoms with van der Waals surface area (Å²) < 4.78 is 60.9. The second-order valence-electron chi connectivity index (χ2n) is 6.21. The van der Waals surface area contributed by atoms with Crippen LogP contribution in [0.3, 0.4) is 0 Å². The van der Waals surface area contributed by atoms with Crippen LogP contribution in [0.4, 0.5) is 29.6 Å². The van der Waals surface area contributed by atoms with Gasteiger partial charge in [-0.2, -0.15) is 13.2 Å². The summed E-state index contributed by atoms with van der Waals surface area (Å²) in [6, 6.07) is 5.74. The van der Waals surface area contributed by atoms with Crippen LogP contribution in [0.25, 0.3) is 0 Å². The molecule has 3 rings (SSSR count). The van der Waals surface area contributed by atoms with Gasteiger partial charge in [0.25, 0.3) is 0 Å². The van der Waals surface area contributed by atoms with Crippen LogP contribution in [-0.2, 0) is 16.2 Å². The zero-order valence-electron chi connectivity index (χ0n) is 14.9. The van der Waals surface area contributed by atoms with E-state index >= 15 is 0 Å². The second-order valence-corrected chi connectivity index (χ2v) is 7.77. The Labute approximate surface area is 164 Å². The molecule has 1 fully saturated rings. The number of piperazine rings is 1. The summed E-state index contributed by atoms with van der Waals surface area (Å²) in [7, 11) is -3.82. The van der Waals surface area contributed by atoms with Crippen molar-refractivity contribution in [2.24, 2.45) is 5.14 Å². The van der Waals surface area contributed by atoms with Crippen LogP contribution >= 0.6 is 0 Å². The standard InChI is InChI=1S/C16H17F3N6O3S/c17-16(18,19)13-5-6-21-14(23-13)24-7-9-25(10-8-24)15(26)22-11-1-3-12(4-2-11)29(20,27)28/h1-6H,7-10H2,(H,22,26)(H2,20,27,28). The van der Waals surface area contributed by atoms with Gasteiger partial charge in [0.2, 0.25) is 16.0 Å². The monoisotopic (exact) mass is 430 g/mol. The molecule has 2 aromatic rings. The van der Waals surface area contributed by atoms with E-state index in [0.717, 1.165) is 12.3 Å². The number of amides is 2. The number of nitrogens with two attached hydrogens (primary N) is 1. The molecule has 1 aromatic carbocycles. The molecule has 29 heavy (non-hydrogen) atoms. The molecular weight excluding hydrogens is 413 g/mol. The molecule has 1 saturated heterocycles. The van der Waals surface area contributed by atoms with Crippen molar-refractivity contribution >= 4 is 27.7 Å². The molecule has 156 valence electrons. The molecule has 0 saturated carbocycles. The van der Waals surface area contributed by atoms with Gasteiger partial charge < -0.3 is 15.1 Å². The van der Waals surface area contributed by atoms with Crippen molar-refractivity contribution in [2.45, 2.75) is 11.1 Å². The molecule has 1 aromatic heterocycles. The third kappa shape index (κ3) is 5.12. The van der Waals surface area contributed by atoms with E-state index in [2.05, 4.69) is 15.3 Å². The lowest BCUT2D eigenvalue weighted by Gasteiger charge is -2.34. The molecule has 0 radical (unpaired) electrons. The summed E-state index contributed by atoms with van der Waals surface area (Å²) >= 11 is 0. The number of anilines is 2. The molecule has 2 heterocycles. The first-order valence-electron chi connectivity index (χ1n) is 8.38. The van der Waals surface area contributed by atoms with Gasteiger partial charge in [-0.3, -0.25) is 0 Å². The molecule has 2 amide bonds. The SMILES string of the molecule is NS(=O)(=O)c1ccc(NC(=O)N2CCN(c3nccc(C(F)(F)F)n3)CC2)cc1. The van der Waals surface area contributed by atoms with Gasteiger partial charge in [-0.15, -0.1) is 0 Å². The number of aromatic nitrogens is 2. The average Bonchev–Trinajstić information content (AvgIpc) is 2.67. The van der Waals surface area contributed by atoms with Crippen LogP contribution in [0.1, 0.15) is 5.69 Å². The van der Waals surface area contributed by atoms with E-state index in [1.165, 1.54) is 29.2 Å². The number of benzene rings is 1. The molecule has 0 spiro atoms. The normalized spacial score (nSPS) is 15.3. The van der Waals surface area contributed by atoms with Gasteiger partial charge in [-0.05, 0) is 30.3 Å². The summed E-state index contributed by atoms with van der Waals surface area (Å²) in [5, 5.41) is 7.65. The molecule has 0 aliphatic carbocycles. The van der Waals surface area contributed by atoms with E-state index in [4.69, 9.17) is 5.14 Å². The second kappa shape index (κ2) is 7.83. The highest BCUT2D eigenvalue weighted by molar-refractivity contribution is 7.89. The quantitative estimate of drug-likeness (QED) is 0.761. The van der Waals surface area contributed by atoms with Gasteiger partial charge in [0, 0.05) is 38.1 Å². The van der Waals surface area contributed by atoms with Crippen LogP contribution in [0.2, 0.25) is 0 Å². The largest absolute Gasteiger partial charge is 0.433 e. The minimum Gasteiger partial charge on any atom is -0.337 e. The predicted octanol–water partition coefficient (Wildman–Crippen LogP) is 1.50. The van der Waals surface area contributed by atoms with E-state index in [0.29, 0.717) is 5.69 Å². The van der Waals surface area contributed by atoms with Gasteiger partial charge in [0.05, 0.1) is 4.90 Å². The highest BCUT2D eigenvalue weighted by Gasteiger charge is 2.33. The Balaban J connectivity index is 1.58. The lowest BCUT2D eigenvalue weighted by atomic mass is 10.3. The molecule has 1 aliphatic heterocycles. The van der Waals surface area contributed by atoms with Crippen LogP contribution < -0.4 is 15.4 Å². The number of halogens is 3. The third-order valence-corrected chi connectivity index (χ3v) is 5.15. The van der Waals surface area contributed by atoms with Crippen molar-refractivity contribution in [3.63, 3.8) is 0 Å². The first-order valence-corrected chi connectivity index (χ1v) is 9.93. The Kier molecular flexibility index (Phi) is 5.61. The van der Waals surface area contributed by atoms with E-state index < -0.39 is 27.9 Å². The van der Waals surface area contributed by atoms with Gasteiger partial charge in [-0.25, -0.2) is 28.3 Å². The Morgan fingerprint density at radius 2 is 1.69 bits per heavy atom. The summed E-state index contributed by atoms with van der Waals surface area (Å²) in [5.41, 5.74) is -0.642. The predicted molar refractivity (Wildman–Crippen MR) is 97.7 cm³/mol. The minimum absolute atomic E-state index is 0.0431. The summed E-state index contributed by atoms with van der Waals surface area (Å²) in [4.78, 5) is 22.7. The smallest absolute Gasteiger partial charge is 0.337 e. The molecule has 9 nitrogen and oxygen atoms in total. The van der Waals surface area contributed by atoms with Crippen molar-refractivity contribution in [1.82, 2.24) is 14.9 Å². The number of hydrogen-bond donors (Lipinski definition) is 2. The van der Waals surface area contributed by atoms with Gasteiger partial charge in [-0.1, -0.05) is 0 Å². The lowest BCUT2D eigenvalue weighted by Crippen LogP contribution is -2.50. The van der Waals surface area contributed by atoms with E-state index in [1.807, 2.05) is 0 Å². The number of nitrogens with one attached hydrogen (secondary N) is 1. The van der Waals surface area contributed by atoms with Crippen molar-refractivity contribution < 1.29 is 26.4 Å². The Bertz CT molecular complexity index is 990. The molecule has 0 bridgehead atoms. The maximum absolute atomic E-state index is 12.8. The first-order chi connectivity index (χ1) is 13.5. The lowest BCUT2D eigenvalue weighted by molar-refractivity contribution is -0.141. The first kappa shape index (κ1) is 20.8. The minimum atomic E-state index is -4.56. The molecule has 0 atom stereocenters. The number of nitrogens with zero attached hydrogens (tertiary/aromatic N) is 4. The fourth-order valence-corrected chi connectivity index (χ4v) is 3.21. The Hall–Kier alpha value is -2.93. The molecule has 3 N–H and O–H groups in total. The van der Waals surface area contributed by atoms with Gasteiger partial charge >= 0.3 is 12.2 Å². The zero-order valence-corrected chi connectivity index (χ0v) is 15.7. The van der Waals surface area contributed by atoms with Gasteiger partial charge in [0.15, 0.2) is 0 Å². The van der Waals surface area contributed by atoms with E-state index in [1.54, 1.807) is 4.90 Å². The highest BCUT2D eigenvalue weighted by Crippen LogP contribution is 2.28. The number of primary sulfonamides is 1. The maximum atomic E-state index is 12.8. The molecular formula is C16H17F3N6O3S. The number of carbonyl (C=O) groups excluding carboxylic acids is 1.